The van der Waals surface area contributed by atoms with Gasteiger partial charge in [-0.05, 0) is 19.8 Å². The van der Waals surface area contributed by atoms with E-state index in [0.29, 0.717) is 12.8 Å². The number of rotatable bonds is 5. The van der Waals surface area contributed by atoms with E-state index in [2.05, 4.69) is 0 Å². The Hall–Kier alpha value is -1.63. The first-order valence-corrected chi connectivity index (χ1v) is 5.74. The predicted molar refractivity (Wildman–Crippen MR) is 59.8 cm³/mol. The summed E-state index contributed by atoms with van der Waals surface area (Å²) in [6.07, 6.45) is -1.07. The van der Waals surface area contributed by atoms with Gasteiger partial charge in [0.25, 0.3) is 5.91 Å². The molecule has 0 spiro atoms. The van der Waals surface area contributed by atoms with E-state index in [1.807, 2.05) is 0 Å². The van der Waals surface area contributed by atoms with E-state index in [4.69, 9.17) is 14.6 Å². The van der Waals surface area contributed by atoms with Crippen LogP contribution in [0.2, 0.25) is 0 Å². The SMILES string of the molecule is CCOC(=O)CN(C)C(=O)C1CCC(C(=O)O)O1. The summed E-state index contributed by atoms with van der Waals surface area (Å²) < 4.78 is 9.82. The summed E-state index contributed by atoms with van der Waals surface area (Å²) in [5.41, 5.74) is 0. The van der Waals surface area contributed by atoms with Crippen molar-refractivity contribution in [3.63, 3.8) is 0 Å². The smallest absolute Gasteiger partial charge is 0.332 e. The molecule has 1 saturated heterocycles. The molecule has 0 aromatic carbocycles. The predicted octanol–water partition coefficient (Wildman–Crippen LogP) is -0.360. The van der Waals surface area contributed by atoms with Gasteiger partial charge in [0.1, 0.15) is 12.6 Å². The van der Waals surface area contributed by atoms with Crippen LogP contribution in [0, 0.1) is 0 Å². The van der Waals surface area contributed by atoms with E-state index in [1.165, 1.54) is 11.9 Å². The number of aliphatic carboxylic acids is 1. The van der Waals surface area contributed by atoms with Crippen molar-refractivity contribution in [1.29, 1.82) is 0 Å². The Morgan fingerprint density at radius 1 is 1.33 bits per heavy atom. The first-order valence-electron chi connectivity index (χ1n) is 5.74. The second kappa shape index (κ2) is 6.34. The summed E-state index contributed by atoms with van der Waals surface area (Å²) in [7, 11) is 1.46. The molecule has 1 amide bonds. The first kappa shape index (κ1) is 14.4. The number of carboxylic acid groups (broad SMARTS) is 1. The highest BCUT2D eigenvalue weighted by molar-refractivity contribution is 5.85. The second-order valence-electron chi connectivity index (χ2n) is 4.03. The van der Waals surface area contributed by atoms with E-state index < -0.39 is 30.1 Å². The van der Waals surface area contributed by atoms with Crippen LogP contribution in [0.25, 0.3) is 0 Å². The molecule has 18 heavy (non-hydrogen) atoms. The van der Waals surface area contributed by atoms with Gasteiger partial charge in [-0.1, -0.05) is 0 Å². The third-order valence-electron chi connectivity index (χ3n) is 2.62. The van der Waals surface area contributed by atoms with E-state index in [1.54, 1.807) is 6.92 Å². The van der Waals surface area contributed by atoms with Crippen molar-refractivity contribution in [3.05, 3.63) is 0 Å². The zero-order valence-electron chi connectivity index (χ0n) is 10.4. The lowest BCUT2D eigenvalue weighted by atomic mass is 10.2. The van der Waals surface area contributed by atoms with Gasteiger partial charge in [-0.25, -0.2) is 4.79 Å². The quantitative estimate of drug-likeness (QED) is 0.678. The lowest BCUT2D eigenvalue weighted by Gasteiger charge is -2.19. The van der Waals surface area contributed by atoms with Gasteiger partial charge in [-0.15, -0.1) is 0 Å². The largest absolute Gasteiger partial charge is 0.479 e. The minimum absolute atomic E-state index is 0.162. The number of amides is 1. The van der Waals surface area contributed by atoms with Gasteiger partial charge in [0.2, 0.25) is 0 Å². The van der Waals surface area contributed by atoms with Crippen molar-refractivity contribution >= 4 is 17.8 Å². The Labute approximate surface area is 105 Å². The fourth-order valence-corrected chi connectivity index (χ4v) is 1.72. The van der Waals surface area contributed by atoms with Crippen molar-refractivity contribution in [1.82, 2.24) is 4.90 Å². The van der Waals surface area contributed by atoms with Crippen LogP contribution in [0.1, 0.15) is 19.8 Å². The number of ether oxygens (including phenoxy) is 2. The average molecular weight is 259 g/mol. The zero-order chi connectivity index (χ0) is 13.7. The van der Waals surface area contributed by atoms with Crippen molar-refractivity contribution in [2.75, 3.05) is 20.2 Å². The zero-order valence-corrected chi connectivity index (χ0v) is 10.4. The molecule has 1 fully saturated rings. The van der Waals surface area contributed by atoms with Crippen LogP contribution in [0.15, 0.2) is 0 Å². The van der Waals surface area contributed by atoms with Crippen LogP contribution in [0.5, 0.6) is 0 Å². The Bertz CT molecular complexity index is 342. The van der Waals surface area contributed by atoms with Gasteiger partial charge < -0.3 is 19.5 Å². The molecule has 102 valence electrons. The third-order valence-corrected chi connectivity index (χ3v) is 2.62. The van der Waals surface area contributed by atoms with Gasteiger partial charge in [0.15, 0.2) is 6.10 Å². The topological polar surface area (TPSA) is 93.1 Å². The van der Waals surface area contributed by atoms with Gasteiger partial charge >= 0.3 is 11.9 Å². The number of esters is 1. The standard InChI is InChI=1S/C11H17NO6/c1-3-17-9(13)6-12(2)10(14)7-4-5-8(18-7)11(15)16/h7-8H,3-6H2,1-2H3,(H,15,16). The number of likely N-dealkylation sites (N-methyl/N-ethyl adjacent to an activating group) is 1. The average Bonchev–Trinajstić information content (AvgIpc) is 2.77. The van der Waals surface area contributed by atoms with Crippen molar-refractivity contribution in [2.24, 2.45) is 0 Å². The summed E-state index contributed by atoms with van der Waals surface area (Å²) in [5.74, 6) is -1.97. The summed E-state index contributed by atoms with van der Waals surface area (Å²) in [6.45, 7) is 1.77. The maximum Gasteiger partial charge on any atom is 0.332 e. The molecule has 0 aliphatic carbocycles. The van der Waals surface area contributed by atoms with E-state index in [9.17, 15) is 14.4 Å². The monoisotopic (exact) mass is 259 g/mol. The Balaban J connectivity index is 2.45. The molecule has 0 saturated carbocycles. The van der Waals surface area contributed by atoms with Crippen LogP contribution >= 0.6 is 0 Å². The number of hydrogen-bond acceptors (Lipinski definition) is 5. The van der Waals surface area contributed by atoms with Crippen molar-refractivity contribution in [2.45, 2.75) is 32.0 Å². The summed E-state index contributed by atoms with van der Waals surface area (Å²) in [6, 6.07) is 0. The molecule has 2 atom stereocenters. The lowest BCUT2D eigenvalue weighted by Crippen LogP contribution is -2.40. The number of carbonyl (C=O) groups is 3. The molecule has 1 rings (SSSR count). The summed E-state index contributed by atoms with van der Waals surface area (Å²) in [5, 5.41) is 8.74. The maximum absolute atomic E-state index is 11.9. The maximum atomic E-state index is 11.9. The fourth-order valence-electron chi connectivity index (χ4n) is 1.72. The highest BCUT2D eigenvalue weighted by atomic mass is 16.5. The lowest BCUT2D eigenvalue weighted by molar-refractivity contribution is -0.157. The molecule has 0 radical (unpaired) electrons. The normalized spacial score (nSPS) is 22.6. The molecule has 2 unspecified atom stereocenters. The number of carbonyl (C=O) groups excluding carboxylic acids is 2. The summed E-state index contributed by atoms with van der Waals surface area (Å²) >= 11 is 0. The Morgan fingerprint density at radius 2 is 1.94 bits per heavy atom. The second-order valence-corrected chi connectivity index (χ2v) is 4.03. The molecule has 7 heteroatoms. The van der Waals surface area contributed by atoms with Gasteiger partial charge in [0, 0.05) is 7.05 Å². The minimum Gasteiger partial charge on any atom is -0.479 e. The molecule has 1 heterocycles. The van der Waals surface area contributed by atoms with Crippen LogP contribution in [-0.2, 0) is 23.9 Å². The van der Waals surface area contributed by atoms with Crippen LogP contribution in [0.3, 0.4) is 0 Å². The van der Waals surface area contributed by atoms with Gasteiger partial charge in [-0.2, -0.15) is 0 Å². The van der Waals surface area contributed by atoms with Gasteiger partial charge in [0.05, 0.1) is 6.61 Å². The van der Waals surface area contributed by atoms with Crippen LogP contribution in [0.4, 0.5) is 0 Å². The Kier molecular flexibility index (Phi) is 5.08. The van der Waals surface area contributed by atoms with E-state index in [-0.39, 0.29) is 13.2 Å². The van der Waals surface area contributed by atoms with Crippen molar-refractivity contribution in [3.8, 4) is 0 Å². The van der Waals surface area contributed by atoms with Gasteiger partial charge in [-0.3, -0.25) is 9.59 Å². The van der Waals surface area contributed by atoms with Crippen LogP contribution in [-0.4, -0.2) is 60.3 Å². The molecule has 0 aromatic heterocycles. The molecular weight excluding hydrogens is 242 g/mol. The molecule has 0 bridgehead atoms. The minimum atomic E-state index is -1.07. The molecule has 7 nitrogen and oxygen atoms in total. The summed E-state index contributed by atoms with van der Waals surface area (Å²) in [4.78, 5) is 34.9. The highest BCUT2D eigenvalue weighted by Gasteiger charge is 2.36. The first-order chi connectivity index (χ1) is 8.45. The molecular formula is C11H17NO6. The number of hydrogen-bond donors (Lipinski definition) is 1. The number of nitrogens with zero attached hydrogens (tertiary/aromatic N) is 1. The fraction of sp³-hybridized carbons (Fsp3) is 0.727. The molecule has 1 N–H and O–H groups in total. The molecule has 1 aliphatic heterocycles. The number of carboxylic acids is 1. The Morgan fingerprint density at radius 3 is 2.44 bits per heavy atom. The highest BCUT2D eigenvalue weighted by Crippen LogP contribution is 2.21. The van der Waals surface area contributed by atoms with E-state index in [0.717, 1.165) is 0 Å². The molecule has 0 aromatic rings. The van der Waals surface area contributed by atoms with Crippen molar-refractivity contribution < 1.29 is 29.0 Å². The van der Waals surface area contributed by atoms with Crippen LogP contribution < -0.4 is 0 Å². The van der Waals surface area contributed by atoms with E-state index >= 15 is 0 Å². The third kappa shape index (κ3) is 3.69. The molecule has 1 aliphatic rings.